The summed E-state index contributed by atoms with van der Waals surface area (Å²) in [4.78, 5) is 19.0. The molecule has 0 atom stereocenters. The third-order valence-electron chi connectivity index (χ3n) is 3.69. The number of carbonyl (C=O) groups is 1. The Hall–Kier alpha value is -2.58. The van der Waals surface area contributed by atoms with E-state index in [9.17, 15) is 4.79 Å². The van der Waals surface area contributed by atoms with Gasteiger partial charge in [-0.05, 0) is 30.5 Å². The van der Waals surface area contributed by atoms with Gasteiger partial charge in [0.05, 0.1) is 37.0 Å². The number of urea groups is 1. The Balaban J connectivity index is 1.65. The number of amides is 2. The van der Waals surface area contributed by atoms with Crippen LogP contribution in [0.15, 0.2) is 35.7 Å². The normalized spacial score (nSPS) is 10.4. The van der Waals surface area contributed by atoms with E-state index < -0.39 is 0 Å². The van der Waals surface area contributed by atoms with Crippen LogP contribution in [0.3, 0.4) is 0 Å². The molecular formula is C18H19N3O3S2. The molecule has 0 unspecified atom stereocenters. The van der Waals surface area contributed by atoms with E-state index >= 15 is 0 Å². The first-order valence-corrected chi connectivity index (χ1v) is 9.57. The standard InChI is InChI=1S/C18H19N3O3S2/c1-11-16(26-17(20-11)15-5-4-8-25-15)10-19-18(22)21-13-9-12(23-2)6-7-14(13)24-3/h4-9H,10H2,1-3H3,(H2,19,21,22). The van der Waals surface area contributed by atoms with Gasteiger partial charge < -0.3 is 20.1 Å². The molecule has 0 aliphatic heterocycles. The minimum Gasteiger partial charge on any atom is -0.497 e. The molecule has 1 aromatic carbocycles. The van der Waals surface area contributed by atoms with Gasteiger partial charge in [0, 0.05) is 10.9 Å². The van der Waals surface area contributed by atoms with E-state index in [0.717, 1.165) is 20.5 Å². The molecule has 0 saturated carbocycles. The molecule has 2 N–H and O–H groups in total. The average Bonchev–Trinajstić information content (AvgIpc) is 3.29. The maximum absolute atomic E-state index is 12.3. The van der Waals surface area contributed by atoms with Crippen LogP contribution in [-0.4, -0.2) is 25.2 Å². The Kier molecular flexibility index (Phi) is 5.75. The number of nitrogens with one attached hydrogen (secondary N) is 2. The Labute approximate surface area is 159 Å². The van der Waals surface area contributed by atoms with Crippen molar-refractivity contribution in [3.05, 3.63) is 46.3 Å². The second-order valence-electron chi connectivity index (χ2n) is 5.38. The SMILES string of the molecule is COc1ccc(OC)c(NC(=O)NCc2sc(-c3cccs3)nc2C)c1. The summed E-state index contributed by atoms with van der Waals surface area (Å²) in [6, 6.07) is 8.96. The lowest BCUT2D eigenvalue weighted by Crippen LogP contribution is -2.28. The number of aromatic nitrogens is 1. The first kappa shape index (κ1) is 18.2. The van der Waals surface area contributed by atoms with Crippen molar-refractivity contribution in [1.82, 2.24) is 10.3 Å². The van der Waals surface area contributed by atoms with Gasteiger partial charge in [-0.1, -0.05) is 6.07 Å². The molecular weight excluding hydrogens is 370 g/mol. The second kappa shape index (κ2) is 8.20. The van der Waals surface area contributed by atoms with Gasteiger partial charge >= 0.3 is 6.03 Å². The molecule has 0 spiro atoms. The van der Waals surface area contributed by atoms with Crippen LogP contribution in [0, 0.1) is 6.92 Å². The summed E-state index contributed by atoms with van der Waals surface area (Å²) in [5, 5.41) is 8.66. The predicted octanol–water partition coefficient (Wildman–Crippen LogP) is 4.52. The number of rotatable bonds is 6. The van der Waals surface area contributed by atoms with E-state index in [2.05, 4.69) is 15.6 Å². The smallest absolute Gasteiger partial charge is 0.319 e. The molecule has 6 nitrogen and oxygen atoms in total. The maximum atomic E-state index is 12.3. The Morgan fingerprint density at radius 2 is 2.08 bits per heavy atom. The van der Waals surface area contributed by atoms with Crippen molar-refractivity contribution in [2.45, 2.75) is 13.5 Å². The van der Waals surface area contributed by atoms with Crippen molar-refractivity contribution in [1.29, 1.82) is 0 Å². The third-order valence-corrected chi connectivity index (χ3v) is 5.89. The molecule has 8 heteroatoms. The fourth-order valence-corrected chi connectivity index (χ4v) is 4.14. The molecule has 2 aromatic heterocycles. The molecule has 2 heterocycles. The van der Waals surface area contributed by atoms with Gasteiger partial charge in [-0.2, -0.15) is 0 Å². The Morgan fingerprint density at radius 3 is 2.77 bits per heavy atom. The highest BCUT2D eigenvalue weighted by Gasteiger charge is 2.13. The van der Waals surface area contributed by atoms with E-state index in [1.807, 2.05) is 24.4 Å². The van der Waals surface area contributed by atoms with Gasteiger partial charge in [0.2, 0.25) is 0 Å². The number of ether oxygens (including phenoxy) is 2. The molecule has 0 aliphatic carbocycles. The van der Waals surface area contributed by atoms with Crippen molar-refractivity contribution in [3.63, 3.8) is 0 Å². The largest absolute Gasteiger partial charge is 0.497 e. The van der Waals surface area contributed by atoms with Gasteiger partial charge in [-0.15, -0.1) is 22.7 Å². The first-order chi connectivity index (χ1) is 12.6. The number of thiazole rings is 1. The zero-order chi connectivity index (χ0) is 18.5. The highest BCUT2D eigenvalue weighted by molar-refractivity contribution is 7.21. The molecule has 0 radical (unpaired) electrons. The van der Waals surface area contributed by atoms with E-state index in [4.69, 9.17) is 9.47 Å². The highest BCUT2D eigenvalue weighted by Crippen LogP contribution is 2.31. The third kappa shape index (κ3) is 4.14. The summed E-state index contributed by atoms with van der Waals surface area (Å²) in [6.07, 6.45) is 0. The first-order valence-electron chi connectivity index (χ1n) is 7.87. The number of benzene rings is 1. The van der Waals surface area contributed by atoms with Crippen LogP contribution in [0.1, 0.15) is 10.6 Å². The molecule has 0 fully saturated rings. The summed E-state index contributed by atoms with van der Waals surface area (Å²) >= 11 is 3.25. The zero-order valence-corrected chi connectivity index (χ0v) is 16.3. The van der Waals surface area contributed by atoms with Crippen LogP contribution in [0.5, 0.6) is 11.5 Å². The van der Waals surface area contributed by atoms with Crippen LogP contribution in [0.25, 0.3) is 9.88 Å². The van der Waals surface area contributed by atoms with E-state index in [1.165, 1.54) is 0 Å². The van der Waals surface area contributed by atoms with E-state index in [0.29, 0.717) is 23.7 Å². The van der Waals surface area contributed by atoms with Crippen LogP contribution in [0.2, 0.25) is 0 Å². The summed E-state index contributed by atoms with van der Waals surface area (Å²) in [5.41, 5.74) is 1.47. The summed E-state index contributed by atoms with van der Waals surface area (Å²) < 4.78 is 10.5. The van der Waals surface area contributed by atoms with E-state index in [1.54, 1.807) is 55.1 Å². The summed E-state index contributed by atoms with van der Waals surface area (Å²) in [6.45, 7) is 2.36. The molecule has 3 aromatic rings. The molecule has 0 bridgehead atoms. The number of carbonyl (C=O) groups excluding carboxylic acids is 1. The van der Waals surface area contributed by atoms with Crippen molar-refractivity contribution in [3.8, 4) is 21.4 Å². The van der Waals surface area contributed by atoms with Crippen molar-refractivity contribution < 1.29 is 14.3 Å². The van der Waals surface area contributed by atoms with Crippen LogP contribution in [-0.2, 0) is 6.54 Å². The van der Waals surface area contributed by atoms with Gasteiger partial charge in [0.1, 0.15) is 16.5 Å². The van der Waals surface area contributed by atoms with Crippen LogP contribution < -0.4 is 20.1 Å². The number of methoxy groups -OCH3 is 2. The zero-order valence-electron chi connectivity index (χ0n) is 14.7. The minimum atomic E-state index is -0.318. The maximum Gasteiger partial charge on any atom is 0.319 e. The van der Waals surface area contributed by atoms with Crippen LogP contribution >= 0.6 is 22.7 Å². The minimum absolute atomic E-state index is 0.318. The van der Waals surface area contributed by atoms with Gasteiger partial charge in [0.15, 0.2) is 0 Å². The molecule has 2 amide bonds. The topological polar surface area (TPSA) is 72.5 Å². The quantitative estimate of drug-likeness (QED) is 0.650. The molecule has 3 rings (SSSR count). The fraction of sp³-hybridized carbons (Fsp3) is 0.222. The van der Waals surface area contributed by atoms with Crippen molar-refractivity contribution >= 4 is 34.4 Å². The monoisotopic (exact) mass is 389 g/mol. The average molecular weight is 390 g/mol. The molecule has 0 aliphatic rings. The van der Waals surface area contributed by atoms with Gasteiger partial charge in [-0.25, -0.2) is 9.78 Å². The molecule has 26 heavy (non-hydrogen) atoms. The van der Waals surface area contributed by atoms with Crippen molar-refractivity contribution in [2.75, 3.05) is 19.5 Å². The van der Waals surface area contributed by atoms with E-state index in [-0.39, 0.29) is 6.03 Å². The Bertz CT molecular complexity index is 891. The fourth-order valence-electron chi connectivity index (χ4n) is 2.34. The van der Waals surface area contributed by atoms with Crippen molar-refractivity contribution in [2.24, 2.45) is 0 Å². The Morgan fingerprint density at radius 1 is 1.23 bits per heavy atom. The lowest BCUT2D eigenvalue weighted by molar-refractivity contribution is 0.251. The summed E-state index contributed by atoms with van der Waals surface area (Å²) in [7, 11) is 3.13. The number of anilines is 1. The lowest BCUT2D eigenvalue weighted by Gasteiger charge is -2.12. The number of hydrogen-bond acceptors (Lipinski definition) is 6. The number of aryl methyl sites for hydroxylation is 1. The second-order valence-corrected chi connectivity index (χ2v) is 7.41. The molecule has 136 valence electrons. The lowest BCUT2D eigenvalue weighted by atomic mass is 10.2. The predicted molar refractivity (Wildman–Crippen MR) is 106 cm³/mol. The highest BCUT2D eigenvalue weighted by atomic mass is 32.1. The number of thiophene rings is 1. The molecule has 0 saturated heterocycles. The van der Waals surface area contributed by atoms with Gasteiger partial charge in [0.25, 0.3) is 0 Å². The summed E-state index contributed by atoms with van der Waals surface area (Å²) in [5.74, 6) is 1.20. The number of nitrogens with zero attached hydrogens (tertiary/aromatic N) is 1. The van der Waals surface area contributed by atoms with Crippen LogP contribution in [0.4, 0.5) is 10.5 Å². The number of hydrogen-bond donors (Lipinski definition) is 2. The van der Waals surface area contributed by atoms with Gasteiger partial charge in [-0.3, -0.25) is 0 Å².